The zero-order valence-corrected chi connectivity index (χ0v) is 11.8. The molecule has 0 spiro atoms. The lowest BCUT2D eigenvalue weighted by Crippen LogP contribution is -2.48. The number of anilines is 1. The van der Waals surface area contributed by atoms with Gasteiger partial charge in [-0.3, -0.25) is 9.69 Å². The van der Waals surface area contributed by atoms with Crippen LogP contribution in [0.2, 0.25) is 0 Å². The van der Waals surface area contributed by atoms with Gasteiger partial charge in [-0.15, -0.1) is 0 Å². The summed E-state index contributed by atoms with van der Waals surface area (Å²) in [6.07, 6.45) is 0.00287. The molecule has 1 N–H and O–H groups in total. The van der Waals surface area contributed by atoms with Gasteiger partial charge in [0.05, 0.1) is 24.4 Å². The average Bonchev–Trinajstić information content (AvgIpc) is 2.38. The summed E-state index contributed by atoms with van der Waals surface area (Å²) in [6.45, 7) is 5.00. The molecule has 0 aliphatic carbocycles. The van der Waals surface area contributed by atoms with Gasteiger partial charge in [-0.25, -0.2) is 13.2 Å². The molecule has 116 valence electrons. The number of hydrogen-bond donors (Lipinski definition) is 1. The van der Waals surface area contributed by atoms with Crippen molar-refractivity contribution >= 4 is 11.6 Å². The van der Waals surface area contributed by atoms with Gasteiger partial charge >= 0.3 is 0 Å². The van der Waals surface area contributed by atoms with Crippen molar-refractivity contribution in [3.8, 4) is 0 Å². The Balaban J connectivity index is 1.97. The lowest BCUT2D eigenvalue weighted by atomic mass is 10.2. The summed E-state index contributed by atoms with van der Waals surface area (Å²) < 4.78 is 44.9. The molecule has 1 aliphatic rings. The first-order valence-electron chi connectivity index (χ1n) is 6.68. The topological polar surface area (TPSA) is 41.6 Å². The van der Waals surface area contributed by atoms with Gasteiger partial charge < -0.3 is 10.1 Å². The number of amides is 1. The Morgan fingerprint density at radius 2 is 1.86 bits per heavy atom. The van der Waals surface area contributed by atoms with Gasteiger partial charge in [0.25, 0.3) is 0 Å². The van der Waals surface area contributed by atoms with E-state index >= 15 is 0 Å². The van der Waals surface area contributed by atoms with Gasteiger partial charge in [-0.1, -0.05) is 0 Å². The largest absolute Gasteiger partial charge is 0.373 e. The Morgan fingerprint density at radius 1 is 1.24 bits per heavy atom. The second-order valence-electron chi connectivity index (χ2n) is 5.22. The highest BCUT2D eigenvalue weighted by Crippen LogP contribution is 2.19. The van der Waals surface area contributed by atoms with Crippen LogP contribution in [0.5, 0.6) is 0 Å². The highest BCUT2D eigenvalue weighted by Gasteiger charge is 2.24. The third-order valence-electron chi connectivity index (χ3n) is 3.17. The molecule has 0 radical (unpaired) electrons. The fourth-order valence-corrected chi connectivity index (χ4v) is 2.43. The molecule has 1 fully saturated rings. The molecular weight excluding hydrogens is 285 g/mol. The molecule has 21 heavy (non-hydrogen) atoms. The van der Waals surface area contributed by atoms with Crippen LogP contribution in [0.3, 0.4) is 0 Å². The summed E-state index contributed by atoms with van der Waals surface area (Å²) in [7, 11) is 0. The first-order valence-corrected chi connectivity index (χ1v) is 6.68. The van der Waals surface area contributed by atoms with Crippen molar-refractivity contribution in [2.75, 3.05) is 25.0 Å². The minimum atomic E-state index is -1.60. The summed E-state index contributed by atoms with van der Waals surface area (Å²) in [5.74, 6) is -4.77. The molecule has 2 unspecified atom stereocenters. The van der Waals surface area contributed by atoms with E-state index in [9.17, 15) is 18.0 Å². The third-order valence-corrected chi connectivity index (χ3v) is 3.17. The number of carbonyl (C=O) groups is 1. The number of carbonyl (C=O) groups excluding carboxylic acids is 1. The van der Waals surface area contributed by atoms with E-state index in [0.717, 1.165) is 12.1 Å². The summed E-state index contributed by atoms with van der Waals surface area (Å²) in [4.78, 5) is 13.7. The van der Waals surface area contributed by atoms with E-state index in [0.29, 0.717) is 13.1 Å². The first-order chi connectivity index (χ1) is 9.86. The van der Waals surface area contributed by atoms with Crippen LogP contribution >= 0.6 is 0 Å². The van der Waals surface area contributed by atoms with Crippen LogP contribution in [0.15, 0.2) is 12.1 Å². The maximum atomic E-state index is 13.5. The molecule has 0 saturated carbocycles. The van der Waals surface area contributed by atoms with Gasteiger partial charge in [-0.2, -0.15) is 0 Å². The molecule has 1 aromatic carbocycles. The van der Waals surface area contributed by atoms with Crippen LogP contribution in [0, 0.1) is 17.5 Å². The van der Waals surface area contributed by atoms with Crippen molar-refractivity contribution in [1.82, 2.24) is 4.90 Å². The second kappa shape index (κ2) is 6.44. The van der Waals surface area contributed by atoms with Gasteiger partial charge in [0, 0.05) is 13.1 Å². The van der Waals surface area contributed by atoms with Crippen LogP contribution in [0.25, 0.3) is 0 Å². The van der Waals surface area contributed by atoms with E-state index in [2.05, 4.69) is 5.32 Å². The molecule has 1 amide bonds. The Labute approximate surface area is 120 Å². The monoisotopic (exact) mass is 302 g/mol. The van der Waals surface area contributed by atoms with Crippen molar-refractivity contribution in [2.24, 2.45) is 0 Å². The number of ether oxygens (including phenoxy) is 1. The van der Waals surface area contributed by atoms with Crippen LogP contribution < -0.4 is 5.32 Å². The molecule has 7 heteroatoms. The Morgan fingerprint density at radius 3 is 2.48 bits per heavy atom. The first kappa shape index (κ1) is 15.8. The van der Waals surface area contributed by atoms with Crippen molar-refractivity contribution < 1.29 is 22.7 Å². The van der Waals surface area contributed by atoms with Gasteiger partial charge in [0.2, 0.25) is 5.91 Å². The second-order valence-corrected chi connectivity index (χ2v) is 5.22. The molecule has 2 rings (SSSR count). The molecule has 2 atom stereocenters. The Hall–Kier alpha value is -1.60. The standard InChI is InChI=1S/C14H17F3N2O2/c1-8-5-19(6-9(2)21-8)7-12(20)18-11-4-3-10(15)13(16)14(11)17/h3-4,8-9H,5-7H2,1-2H3,(H,18,20). The molecule has 0 bridgehead atoms. The fraction of sp³-hybridized carbons (Fsp3) is 0.500. The third kappa shape index (κ3) is 3.95. The zero-order valence-electron chi connectivity index (χ0n) is 11.8. The van der Waals surface area contributed by atoms with Crippen LogP contribution in [0.4, 0.5) is 18.9 Å². The number of hydrogen-bond acceptors (Lipinski definition) is 3. The van der Waals surface area contributed by atoms with Crippen LogP contribution in [-0.2, 0) is 9.53 Å². The highest BCUT2D eigenvalue weighted by atomic mass is 19.2. The number of morpholine rings is 1. The van der Waals surface area contributed by atoms with E-state index in [1.54, 1.807) is 0 Å². The van der Waals surface area contributed by atoms with E-state index in [4.69, 9.17) is 4.74 Å². The summed E-state index contributed by atoms with van der Waals surface area (Å²) in [5.41, 5.74) is -0.367. The summed E-state index contributed by atoms with van der Waals surface area (Å²) in [5, 5.41) is 2.25. The molecule has 1 heterocycles. The van der Waals surface area contributed by atoms with Crippen molar-refractivity contribution in [1.29, 1.82) is 0 Å². The number of nitrogens with zero attached hydrogens (tertiary/aromatic N) is 1. The molecule has 1 saturated heterocycles. The fourth-order valence-electron chi connectivity index (χ4n) is 2.43. The summed E-state index contributed by atoms with van der Waals surface area (Å²) in [6, 6.07) is 1.77. The molecular formula is C14H17F3N2O2. The van der Waals surface area contributed by atoms with E-state index < -0.39 is 23.4 Å². The maximum absolute atomic E-state index is 13.5. The quantitative estimate of drug-likeness (QED) is 0.870. The molecule has 4 nitrogen and oxygen atoms in total. The number of halogens is 3. The van der Waals surface area contributed by atoms with Crippen LogP contribution in [-0.4, -0.2) is 42.6 Å². The Bertz CT molecular complexity index is 529. The zero-order chi connectivity index (χ0) is 15.6. The number of benzene rings is 1. The number of rotatable bonds is 3. The number of nitrogens with one attached hydrogen (secondary N) is 1. The van der Waals surface area contributed by atoms with E-state index in [1.807, 2.05) is 18.7 Å². The minimum absolute atomic E-state index is 0.00144. The van der Waals surface area contributed by atoms with Gasteiger partial charge in [0.15, 0.2) is 17.5 Å². The maximum Gasteiger partial charge on any atom is 0.238 e. The highest BCUT2D eigenvalue weighted by molar-refractivity contribution is 5.92. The van der Waals surface area contributed by atoms with Gasteiger partial charge in [0.1, 0.15) is 0 Å². The van der Waals surface area contributed by atoms with Crippen LogP contribution in [0.1, 0.15) is 13.8 Å². The SMILES string of the molecule is CC1CN(CC(=O)Nc2ccc(F)c(F)c2F)CC(C)O1. The van der Waals surface area contributed by atoms with Crippen molar-refractivity contribution in [3.63, 3.8) is 0 Å². The molecule has 0 aromatic heterocycles. The minimum Gasteiger partial charge on any atom is -0.373 e. The summed E-state index contributed by atoms with van der Waals surface area (Å²) >= 11 is 0. The normalized spacial score (nSPS) is 23.1. The smallest absolute Gasteiger partial charge is 0.238 e. The van der Waals surface area contributed by atoms with E-state index in [1.165, 1.54) is 0 Å². The van der Waals surface area contributed by atoms with E-state index in [-0.39, 0.29) is 24.4 Å². The lowest BCUT2D eigenvalue weighted by molar-refractivity contribution is -0.121. The molecule has 1 aliphatic heterocycles. The van der Waals surface area contributed by atoms with Gasteiger partial charge in [-0.05, 0) is 26.0 Å². The van der Waals surface area contributed by atoms with Crippen molar-refractivity contribution in [2.45, 2.75) is 26.1 Å². The lowest BCUT2D eigenvalue weighted by Gasteiger charge is -2.34. The van der Waals surface area contributed by atoms with Crippen molar-refractivity contribution in [3.05, 3.63) is 29.6 Å². The predicted molar refractivity (Wildman–Crippen MR) is 71.4 cm³/mol. The Kier molecular flexibility index (Phi) is 4.84. The molecule has 1 aromatic rings. The average molecular weight is 302 g/mol. The predicted octanol–water partition coefficient (Wildman–Crippen LogP) is 2.15.